The summed E-state index contributed by atoms with van der Waals surface area (Å²) >= 11 is 5.91. The van der Waals surface area contributed by atoms with Gasteiger partial charge in [-0.15, -0.1) is 0 Å². The number of hydrogen-bond donors (Lipinski definition) is 1. The van der Waals surface area contributed by atoms with Gasteiger partial charge in [-0.1, -0.05) is 29.8 Å². The van der Waals surface area contributed by atoms with E-state index in [2.05, 4.69) is 27.3 Å². The Balaban J connectivity index is 1.37. The molecule has 0 spiro atoms. The highest BCUT2D eigenvalue weighted by molar-refractivity contribution is 6.30. The SMILES string of the molecule is O=C(NCc1ccccn1)N1CCN(CCc2ccc(Cl)cc2)CC1. The van der Waals surface area contributed by atoms with Gasteiger partial charge in [0.05, 0.1) is 12.2 Å². The zero-order chi connectivity index (χ0) is 17.5. The molecule has 1 aromatic carbocycles. The lowest BCUT2D eigenvalue weighted by atomic mass is 10.1. The Morgan fingerprint density at radius 2 is 1.84 bits per heavy atom. The molecule has 2 aromatic rings. The number of urea groups is 1. The molecule has 2 amide bonds. The number of aromatic nitrogens is 1. The van der Waals surface area contributed by atoms with Crippen LogP contribution in [0.15, 0.2) is 48.7 Å². The Morgan fingerprint density at radius 3 is 2.52 bits per heavy atom. The summed E-state index contributed by atoms with van der Waals surface area (Å²) < 4.78 is 0. The van der Waals surface area contributed by atoms with Gasteiger partial charge in [-0.25, -0.2) is 4.79 Å². The van der Waals surface area contributed by atoms with Crippen molar-refractivity contribution >= 4 is 17.6 Å². The molecule has 2 heterocycles. The van der Waals surface area contributed by atoms with Gasteiger partial charge in [-0.3, -0.25) is 9.88 Å². The summed E-state index contributed by atoms with van der Waals surface area (Å²) in [5, 5.41) is 3.71. The van der Waals surface area contributed by atoms with Crippen LogP contribution in [0.4, 0.5) is 4.79 Å². The van der Waals surface area contributed by atoms with Crippen LogP contribution in [0.2, 0.25) is 5.02 Å². The first-order valence-corrected chi connectivity index (χ1v) is 8.98. The molecule has 0 atom stereocenters. The second kappa shape index (κ2) is 8.83. The molecule has 0 saturated carbocycles. The standard InChI is InChI=1S/C19H23ClN4O/c20-17-6-4-16(5-7-17)8-10-23-11-13-24(14-12-23)19(25)22-15-18-3-1-2-9-21-18/h1-7,9H,8,10-15H2,(H,22,25). The summed E-state index contributed by atoms with van der Waals surface area (Å²) in [5.41, 5.74) is 2.16. The third-order valence-corrected chi connectivity index (χ3v) is 4.69. The lowest BCUT2D eigenvalue weighted by Crippen LogP contribution is -2.51. The number of nitrogens with zero attached hydrogens (tertiary/aromatic N) is 3. The van der Waals surface area contributed by atoms with E-state index in [-0.39, 0.29) is 6.03 Å². The molecule has 6 heteroatoms. The van der Waals surface area contributed by atoms with Gasteiger partial charge in [-0.05, 0) is 36.2 Å². The van der Waals surface area contributed by atoms with Crippen molar-refractivity contribution in [2.24, 2.45) is 0 Å². The molecule has 1 saturated heterocycles. The topological polar surface area (TPSA) is 48.5 Å². The molecule has 132 valence electrons. The summed E-state index contributed by atoms with van der Waals surface area (Å²) in [7, 11) is 0. The maximum absolute atomic E-state index is 12.2. The van der Waals surface area contributed by atoms with E-state index in [9.17, 15) is 4.79 Å². The molecule has 1 fully saturated rings. The van der Waals surface area contributed by atoms with Crippen molar-refractivity contribution in [1.29, 1.82) is 0 Å². The van der Waals surface area contributed by atoms with Crippen molar-refractivity contribution in [3.8, 4) is 0 Å². The Morgan fingerprint density at radius 1 is 1.08 bits per heavy atom. The van der Waals surface area contributed by atoms with Gasteiger partial charge in [0.25, 0.3) is 0 Å². The van der Waals surface area contributed by atoms with Gasteiger partial charge in [0.1, 0.15) is 0 Å². The highest BCUT2D eigenvalue weighted by atomic mass is 35.5. The minimum absolute atomic E-state index is 0.0111. The first-order chi connectivity index (χ1) is 12.2. The molecule has 3 rings (SSSR count). The van der Waals surface area contributed by atoms with Gasteiger partial charge in [-0.2, -0.15) is 0 Å². The van der Waals surface area contributed by atoms with E-state index >= 15 is 0 Å². The molecule has 1 aliphatic rings. The molecule has 1 aliphatic heterocycles. The summed E-state index contributed by atoms with van der Waals surface area (Å²) in [6, 6.07) is 13.7. The van der Waals surface area contributed by atoms with E-state index in [0.29, 0.717) is 6.54 Å². The summed E-state index contributed by atoms with van der Waals surface area (Å²) in [4.78, 5) is 20.7. The van der Waals surface area contributed by atoms with Crippen molar-refractivity contribution in [2.75, 3.05) is 32.7 Å². The second-order valence-electron chi connectivity index (χ2n) is 6.18. The molecule has 1 N–H and O–H groups in total. The molecule has 0 bridgehead atoms. The van der Waals surface area contributed by atoms with Crippen LogP contribution in [0.3, 0.4) is 0 Å². The van der Waals surface area contributed by atoms with E-state index in [0.717, 1.165) is 49.9 Å². The van der Waals surface area contributed by atoms with Crippen LogP contribution in [0.5, 0.6) is 0 Å². The highest BCUT2D eigenvalue weighted by Gasteiger charge is 2.20. The van der Waals surface area contributed by atoms with E-state index in [1.54, 1.807) is 6.20 Å². The van der Waals surface area contributed by atoms with Gasteiger partial charge in [0, 0.05) is 43.9 Å². The van der Waals surface area contributed by atoms with Crippen LogP contribution in [-0.2, 0) is 13.0 Å². The number of piperazine rings is 1. The van der Waals surface area contributed by atoms with E-state index in [1.165, 1.54) is 5.56 Å². The van der Waals surface area contributed by atoms with Crippen LogP contribution >= 0.6 is 11.6 Å². The zero-order valence-electron chi connectivity index (χ0n) is 14.2. The highest BCUT2D eigenvalue weighted by Crippen LogP contribution is 2.11. The minimum atomic E-state index is -0.0111. The third kappa shape index (κ3) is 5.44. The fourth-order valence-electron chi connectivity index (χ4n) is 2.89. The van der Waals surface area contributed by atoms with Crippen LogP contribution < -0.4 is 5.32 Å². The van der Waals surface area contributed by atoms with Crippen molar-refractivity contribution in [1.82, 2.24) is 20.1 Å². The molecular formula is C19H23ClN4O. The molecular weight excluding hydrogens is 336 g/mol. The smallest absolute Gasteiger partial charge is 0.317 e. The summed E-state index contributed by atoms with van der Waals surface area (Å²) in [6.45, 7) is 4.81. The number of rotatable bonds is 5. The third-order valence-electron chi connectivity index (χ3n) is 4.44. The Bertz CT molecular complexity index is 670. The van der Waals surface area contributed by atoms with E-state index in [4.69, 9.17) is 11.6 Å². The molecule has 0 aliphatic carbocycles. The largest absolute Gasteiger partial charge is 0.332 e. The van der Waals surface area contributed by atoms with Crippen molar-refractivity contribution in [3.05, 3.63) is 64.9 Å². The minimum Gasteiger partial charge on any atom is -0.332 e. The summed E-state index contributed by atoms with van der Waals surface area (Å²) in [6.07, 6.45) is 2.74. The Hall–Kier alpha value is -2.11. The van der Waals surface area contributed by atoms with Gasteiger partial charge >= 0.3 is 6.03 Å². The number of pyridine rings is 1. The molecule has 25 heavy (non-hydrogen) atoms. The maximum atomic E-state index is 12.2. The monoisotopic (exact) mass is 358 g/mol. The average molecular weight is 359 g/mol. The van der Waals surface area contributed by atoms with Crippen LogP contribution in [0.1, 0.15) is 11.3 Å². The van der Waals surface area contributed by atoms with Crippen molar-refractivity contribution < 1.29 is 4.79 Å². The quantitative estimate of drug-likeness (QED) is 0.894. The van der Waals surface area contributed by atoms with Crippen molar-refractivity contribution in [2.45, 2.75) is 13.0 Å². The number of carbonyl (C=O) groups excluding carboxylic acids is 1. The van der Waals surface area contributed by atoms with Gasteiger partial charge < -0.3 is 10.2 Å². The zero-order valence-corrected chi connectivity index (χ0v) is 15.0. The Kier molecular flexibility index (Phi) is 6.25. The first-order valence-electron chi connectivity index (χ1n) is 8.60. The number of carbonyl (C=O) groups is 1. The Labute approximate surface area is 153 Å². The van der Waals surface area contributed by atoms with Crippen LogP contribution in [-0.4, -0.2) is 53.5 Å². The predicted octanol–water partition coefficient (Wildman–Crippen LogP) is 2.80. The van der Waals surface area contributed by atoms with Gasteiger partial charge in [0.15, 0.2) is 0 Å². The maximum Gasteiger partial charge on any atom is 0.317 e. The number of hydrogen-bond acceptors (Lipinski definition) is 3. The lowest BCUT2D eigenvalue weighted by molar-refractivity contribution is 0.140. The van der Waals surface area contributed by atoms with Crippen molar-refractivity contribution in [3.63, 3.8) is 0 Å². The lowest BCUT2D eigenvalue weighted by Gasteiger charge is -2.34. The molecule has 0 radical (unpaired) electrons. The number of nitrogens with one attached hydrogen (secondary N) is 1. The fourth-order valence-corrected chi connectivity index (χ4v) is 3.02. The molecule has 1 aromatic heterocycles. The molecule has 5 nitrogen and oxygen atoms in total. The average Bonchev–Trinajstić information content (AvgIpc) is 2.67. The number of amides is 2. The molecule has 0 unspecified atom stereocenters. The van der Waals surface area contributed by atoms with Gasteiger partial charge in [0.2, 0.25) is 0 Å². The number of benzene rings is 1. The fraction of sp³-hybridized carbons (Fsp3) is 0.368. The second-order valence-corrected chi connectivity index (χ2v) is 6.62. The normalized spacial score (nSPS) is 15.2. The van der Waals surface area contributed by atoms with Crippen LogP contribution in [0.25, 0.3) is 0 Å². The van der Waals surface area contributed by atoms with E-state index in [1.807, 2.05) is 35.2 Å². The number of halogens is 1. The van der Waals surface area contributed by atoms with Crippen LogP contribution in [0, 0.1) is 0 Å². The summed E-state index contributed by atoms with van der Waals surface area (Å²) in [5.74, 6) is 0. The predicted molar refractivity (Wildman–Crippen MR) is 99.6 cm³/mol. The first kappa shape index (κ1) is 17.7. The van der Waals surface area contributed by atoms with E-state index < -0.39 is 0 Å².